The predicted molar refractivity (Wildman–Crippen MR) is 96.2 cm³/mol. The van der Waals surface area contributed by atoms with Crippen LogP contribution in [0.2, 0.25) is 0 Å². The molecule has 24 heavy (non-hydrogen) atoms. The number of nitrogens with one attached hydrogen (secondary N) is 1. The number of aryl methyl sites for hydroxylation is 4. The molecule has 5 heteroatoms. The van der Waals surface area contributed by atoms with Gasteiger partial charge in [0.2, 0.25) is 5.91 Å². The van der Waals surface area contributed by atoms with Gasteiger partial charge < -0.3 is 5.32 Å². The zero-order chi connectivity index (χ0) is 17.1. The maximum Gasteiger partial charge on any atom is 0.234 e. The fourth-order valence-electron chi connectivity index (χ4n) is 2.96. The number of nitrogens with zero attached hydrogens (tertiary/aromatic N) is 2. The number of hydrogen-bond acceptors (Lipinski definition) is 4. The highest BCUT2D eigenvalue weighted by Crippen LogP contribution is 2.28. The van der Waals surface area contributed by atoms with Crippen LogP contribution in [0.5, 0.6) is 0 Å². The van der Waals surface area contributed by atoms with E-state index in [9.17, 15) is 10.1 Å². The molecule has 1 aliphatic rings. The van der Waals surface area contributed by atoms with Crippen LogP contribution in [0.3, 0.4) is 0 Å². The van der Waals surface area contributed by atoms with E-state index in [1.807, 2.05) is 38.1 Å². The van der Waals surface area contributed by atoms with Gasteiger partial charge in [-0.3, -0.25) is 4.79 Å². The number of anilines is 1. The lowest BCUT2D eigenvalue weighted by Crippen LogP contribution is -2.16. The van der Waals surface area contributed by atoms with Crippen LogP contribution in [0, 0.1) is 25.2 Å². The van der Waals surface area contributed by atoms with Crippen LogP contribution in [0.4, 0.5) is 5.69 Å². The number of amides is 1. The number of nitriles is 1. The fraction of sp³-hybridized carbons (Fsp3) is 0.316. The molecule has 1 aromatic heterocycles. The highest BCUT2D eigenvalue weighted by molar-refractivity contribution is 8.00. The molecule has 2 aromatic rings. The zero-order valence-electron chi connectivity index (χ0n) is 13.8. The van der Waals surface area contributed by atoms with Crippen molar-refractivity contribution in [2.45, 2.75) is 38.1 Å². The van der Waals surface area contributed by atoms with Gasteiger partial charge in [-0.05, 0) is 55.9 Å². The Balaban J connectivity index is 1.70. The van der Waals surface area contributed by atoms with Gasteiger partial charge in [0, 0.05) is 11.4 Å². The van der Waals surface area contributed by atoms with Crippen molar-refractivity contribution in [1.82, 2.24) is 4.98 Å². The van der Waals surface area contributed by atoms with Gasteiger partial charge in [0.25, 0.3) is 0 Å². The minimum atomic E-state index is -0.0800. The molecule has 1 amide bonds. The lowest BCUT2D eigenvalue weighted by Gasteiger charge is -2.11. The molecule has 1 heterocycles. The zero-order valence-corrected chi connectivity index (χ0v) is 14.7. The highest BCUT2D eigenvalue weighted by atomic mass is 32.2. The second-order valence-corrected chi connectivity index (χ2v) is 6.98. The van der Waals surface area contributed by atoms with Crippen LogP contribution >= 0.6 is 11.8 Å². The third kappa shape index (κ3) is 3.44. The normalized spacial score (nSPS) is 12.5. The van der Waals surface area contributed by atoms with Crippen molar-refractivity contribution >= 4 is 23.4 Å². The molecule has 0 unspecified atom stereocenters. The molecule has 0 atom stereocenters. The maximum absolute atomic E-state index is 12.3. The first-order valence-corrected chi connectivity index (χ1v) is 8.99. The molecular formula is C19H19N3OS. The SMILES string of the molecule is Cc1cccc(C)c1NC(=O)CSc1nc2c(cc1C#N)CCC2. The van der Waals surface area contributed by atoms with E-state index < -0.39 is 0 Å². The summed E-state index contributed by atoms with van der Waals surface area (Å²) >= 11 is 1.33. The third-order valence-corrected chi connectivity index (χ3v) is 5.21. The molecule has 0 saturated carbocycles. The Morgan fingerprint density at radius 2 is 2.08 bits per heavy atom. The average Bonchev–Trinajstić information content (AvgIpc) is 3.02. The molecule has 0 radical (unpaired) electrons. The van der Waals surface area contributed by atoms with Crippen LogP contribution in [0.1, 0.15) is 34.4 Å². The third-order valence-electron chi connectivity index (χ3n) is 4.22. The first-order chi connectivity index (χ1) is 11.6. The predicted octanol–water partition coefficient (Wildman–Crippen LogP) is 3.79. The Labute approximate surface area is 146 Å². The molecule has 3 rings (SSSR count). The van der Waals surface area contributed by atoms with Crippen LogP contribution in [-0.4, -0.2) is 16.6 Å². The lowest BCUT2D eigenvalue weighted by molar-refractivity contribution is -0.113. The van der Waals surface area contributed by atoms with Crippen molar-refractivity contribution < 1.29 is 4.79 Å². The summed E-state index contributed by atoms with van der Waals surface area (Å²) in [5.41, 5.74) is 5.78. The Morgan fingerprint density at radius 3 is 2.79 bits per heavy atom. The summed E-state index contributed by atoms with van der Waals surface area (Å²) in [7, 11) is 0. The summed E-state index contributed by atoms with van der Waals surface area (Å²) in [5.74, 6) is 0.164. The van der Waals surface area contributed by atoms with Gasteiger partial charge in [-0.1, -0.05) is 30.0 Å². The number of rotatable bonds is 4. The Hall–Kier alpha value is -2.32. The van der Waals surface area contributed by atoms with Crippen LogP contribution < -0.4 is 5.32 Å². The number of hydrogen-bond donors (Lipinski definition) is 1. The van der Waals surface area contributed by atoms with Crippen molar-refractivity contribution in [3.05, 3.63) is 52.2 Å². The second-order valence-electron chi connectivity index (χ2n) is 6.02. The summed E-state index contributed by atoms with van der Waals surface area (Å²) < 4.78 is 0. The molecule has 0 bridgehead atoms. The number of thioether (sulfide) groups is 1. The van der Waals surface area contributed by atoms with Gasteiger partial charge in [-0.25, -0.2) is 4.98 Å². The van der Waals surface area contributed by atoms with Crippen molar-refractivity contribution in [1.29, 1.82) is 5.26 Å². The standard InChI is InChI=1S/C19H19N3OS/c1-12-5-3-6-13(2)18(12)22-17(23)11-24-19-15(10-20)9-14-7-4-8-16(14)21-19/h3,5-6,9H,4,7-8,11H2,1-2H3,(H,22,23). The van der Waals surface area contributed by atoms with Crippen LogP contribution in [0.25, 0.3) is 0 Å². The number of benzene rings is 1. The maximum atomic E-state index is 12.3. The molecule has 4 nitrogen and oxygen atoms in total. The van der Waals surface area contributed by atoms with E-state index in [0.717, 1.165) is 41.8 Å². The molecular weight excluding hydrogens is 318 g/mol. The summed E-state index contributed by atoms with van der Waals surface area (Å²) in [4.78, 5) is 16.9. The van der Waals surface area contributed by atoms with Crippen molar-refractivity contribution in [3.63, 3.8) is 0 Å². The van der Waals surface area contributed by atoms with Crippen molar-refractivity contribution in [2.24, 2.45) is 0 Å². The van der Waals surface area contributed by atoms with E-state index in [1.54, 1.807) is 0 Å². The smallest absolute Gasteiger partial charge is 0.234 e. The van der Waals surface area contributed by atoms with Gasteiger partial charge >= 0.3 is 0 Å². The minimum Gasteiger partial charge on any atom is -0.325 e. The number of carbonyl (C=O) groups excluding carboxylic acids is 1. The van der Waals surface area contributed by atoms with Crippen LogP contribution in [-0.2, 0) is 17.6 Å². The van der Waals surface area contributed by atoms with E-state index in [1.165, 1.54) is 17.3 Å². The largest absolute Gasteiger partial charge is 0.325 e. The van der Waals surface area contributed by atoms with Gasteiger partial charge in [0.05, 0.1) is 11.3 Å². The first kappa shape index (κ1) is 16.5. The average molecular weight is 337 g/mol. The van der Waals surface area contributed by atoms with Gasteiger partial charge in [0.15, 0.2) is 0 Å². The summed E-state index contributed by atoms with van der Waals surface area (Å²) in [5, 5.41) is 12.9. The molecule has 1 aromatic carbocycles. The molecule has 0 spiro atoms. The molecule has 1 N–H and O–H groups in total. The molecule has 122 valence electrons. The fourth-order valence-corrected chi connectivity index (χ4v) is 3.74. The van der Waals surface area contributed by atoms with Crippen LogP contribution in [0.15, 0.2) is 29.3 Å². The minimum absolute atomic E-state index is 0.0800. The van der Waals surface area contributed by atoms with E-state index in [0.29, 0.717) is 10.6 Å². The van der Waals surface area contributed by atoms with Crippen molar-refractivity contribution in [2.75, 3.05) is 11.1 Å². The van der Waals surface area contributed by atoms with E-state index in [2.05, 4.69) is 16.4 Å². The number of carbonyl (C=O) groups is 1. The van der Waals surface area contributed by atoms with E-state index in [4.69, 9.17) is 0 Å². The number of aromatic nitrogens is 1. The van der Waals surface area contributed by atoms with E-state index in [-0.39, 0.29) is 11.7 Å². The Kier molecular flexibility index (Phi) is 4.86. The Bertz CT molecular complexity index is 819. The number of pyridine rings is 1. The van der Waals surface area contributed by atoms with E-state index >= 15 is 0 Å². The lowest BCUT2D eigenvalue weighted by atomic mass is 10.1. The summed E-state index contributed by atoms with van der Waals surface area (Å²) in [6.45, 7) is 3.96. The van der Waals surface area contributed by atoms with Gasteiger partial charge in [0.1, 0.15) is 11.1 Å². The Morgan fingerprint density at radius 1 is 1.33 bits per heavy atom. The summed E-state index contributed by atoms with van der Waals surface area (Å²) in [6, 6.07) is 10.1. The monoisotopic (exact) mass is 337 g/mol. The van der Waals surface area contributed by atoms with Gasteiger partial charge in [-0.15, -0.1) is 0 Å². The molecule has 0 saturated heterocycles. The molecule has 0 aliphatic heterocycles. The quantitative estimate of drug-likeness (QED) is 0.862. The first-order valence-electron chi connectivity index (χ1n) is 8.00. The topological polar surface area (TPSA) is 65.8 Å². The summed E-state index contributed by atoms with van der Waals surface area (Å²) in [6.07, 6.45) is 3.05. The number of fused-ring (bicyclic) bond motifs is 1. The second kappa shape index (κ2) is 7.06. The molecule has 1 aliphatic carbocycles. The highest BCUT2D eigenvalue weighted by Gasteiger charge is 2.17. The van der Waals surface area contributed by atoms with Gasteiger partial charge in [-0.2, -0.15) is 5.26 Å². The number of para-hydroxylation sites is 1. The van der Waals surface area contributed by atoms with Crippen molar-refractivity contribution in [3.8, 4) is 6.07 Å². The molecule has 0 fully saturated rings.